The van der Waals surface area contributed by atoms with Crippen LogP contribution in [0.4, 0.5) is 0 Å². The molecule has 0 heterocycles. The highest BCUT2D eigenvalue weighted by Crippen LogP contribution is 2.22. The summed E-state index contributed by atoms with van der Waals surface area (Å²) in [5.74, 6) is -1.39. The van der Waals surface area contributed by atoms with Gasteiger partial charge in [0.1, 0.15) is 0 Å². The molecule has 0 fully saturated rings. The first-order valence-electron chi connectivity index (χ1n) is 9.68. The van der Waals surface area contributed by atoms with Crippen LogP contribution in [0, 0.1) is 5.41 Å². The van der Waals surface area contributed by atoms with Crippen molar-refractivity contribution in [1.29, 1.82) is 0 Å². The summed E-state index contributed by atoms with van der Waals surface area (Å²) in [7, 11) is 0. The monoisotopic (exact) mass is 342 g/mol. The van der Waals surface area contributed by atoms with Crippen LogP contribution < -0.4 is 0 Å². The highest BCUT2D eigenvalue weighted by atomic mass is 16.6. The maximum absolute atomic E-state index is 11.8. The molecule has 1 unspecified atom stereocenters. The van der Waals surface area contributed by atoms with Gasteiger partial charge in [0.05, 0.1) is 0 Å². The second kappa shape index (κ2) is 13.3. The number of esters is 1. The third-order valence-electron chi connectivity index (χ3n) is 4.18. The van der Waals surface area contributed by atoms with Gasteiger partial charge in [-0.25, -0.2) is 4.79 Å². The zero-order valence-electron chi connectivity index (χ0n) is 16.2. The minimum Gasteiger partial charge on any atom is -0.479 e. The number of aliphatic carboxylic acids is 1. The second-order valence-electron chi connectivity index (χ2n) is 7.99. The van der Waals surface area contributed by atoms with E-state index in [-0.39, 0.29) is 5.97 Å². The Morgan fingerprint density at radius 1 is 0.917 bits per heavy atom. The molecule has 0 aliphatic carbocycles. The number of unbranched alkanes of at least 4 members (excludes halogenated alkanes) is 7. The van der Waals surface area contributed by atoms with E-state index in [1.165, 1.54) is 25.7 Å². The maximum Gasteiger partial charge on any atom is 0.345 e. The quantitative estimate of drug-likeness (QED) is 0.323. The molecule has 0 aromatic heterocycles. The minimum absolute atomic E-state index is 0.332. The standard InChI is InChI=1S/C20H38O4/c1-5-6-7-8-12-15-18(21)24-17(19(22)23)14-11-9-10-13-16-20(2,3)4/h17H,5-16H2,1-4H3,(H,22,23). The fourth-order valence-corrected chi connectivity index (χ4v) is 2.66. The summed E-state index contributed by atoms with van der Waals surface area (Å²) in [4.78, 5) is 23.0. The first kappa shape index (κ1) is 22.9. The molecule has 0 aliphatic rings. The van der Waals surface area contributed by atoms with Crippen LogP contribution in [0.5, 0.6) is 0 Å². The minimum atomic E-state index is -1.02. The number of hydrogen-bond acceptors (Lipinski definition) is 3. The molecule has 0 aliphatic heterocycles. The summed E-state index contributed by atoms with van der Waals surface area (Å²) in [6, 6.07) is 0. The van der Waals surface area contributed by atoms with Crippen LogP contribution in [-0.2, 0) is 14.3 Å². The molecule has 4 nitrogen and oxygen atoms in total. The average molecular weight is 343 g/mol. The van der Waals surface area contributed by atoms with Crippen molar-refractivity contribution in [3.63, 3.8) is 0 Å². The maximum atomic E-state index is 11.8. The summed E-state index contributed by atoms with van der Waals surface area (Å²) >= 11 is 0. The van der Waals surface area contributed by atoms with Crippen molar-refractivity contribution in [2.75, 3.05) is 0 Å². The molecule has 0 amide bonds. The molecule has 0 aromatic rings. The molecule has 0 bridgehead atoms. The largest absolute Gasteiger partial charge is 0.479 e. The number of ether oxygens (including phenoxy) is 1. The van der Waals surface area contributed by atoms with Crippen LogP contribution in [0.15, 0.2) is 0 Å². The number of hydrogen-bond donors (Lipinski definition) is 1. The Balaban J connectivity index is 3.84. The Morgan fingerprint density at radius 2 is 1.50 bits per heavy atom. The summed E-state index contributed by atoms with van der Waals surface area (Å²) in [5.41, 5.74) is 0.357. The lowest BCUT2D eigenvalue weighted by Crippen LogP contribution is -2.27. The van der Waals surface area contributed by atoms with Gasteiger partial charge in [0.15, 0.2) is 6.10 Å². The van der Waals surface area contributed by atoms with Gasteiger partial charge >= 0.3 is 11.9 Å². The molecule has 0 spiro atoms. The van der Waals surface area contributed by atoms with Gasteiger partial charge in [-0.05, 0) is 31.1 Å². The van der Waals surface area contributed by atoms with Gasteiger partial charge in [-0.1, -0.05) is 72.6 Å². The van der Waals surface area contributed by atoms with Gasteiger partial charge in [-0.3, -0.25) is 4.79 Å². The van der Waals surface area contributed by atoms with Gasteiger partial charge in [0, 0.05) is 6.42 Å². The van der Waals surface area contributed by atoms with Crippen molar-refractivity contribution in [2.24, 2.45) is 5.41 Å². The molecule has 142 valence electrons. The molecule has 0 saturated heterocycles. The van der Waals surface area contributed by atoms with E-state index in [1.54, 1.807) is 0 Å². The van der Waals surface area contributed by atoms with Gasteiger partial charge in [-0.2, -0.15) is 0 Å². The number of carboxylic acids is 1. The zero-order valence-corrected chi connectivity index (χ0v) is 16.2. The lowest BCUT2D eigenvalue weighted by molar-refractivity contribution is -0.164. The predicted octanol–water partition coefficient (Wildman–Crippen LogP) is 5.73. The number of carbonyl (C=O) groups is 2. The number of rotatable bonds is 14. The van der Waals surface area contributed by atoms with Gasteiger partial charge in [0.2, 0.25) is 0 Å². The zero-order chi connectivity index (χ0) is 18.4. The van der Waals surface area contributed by atoms with E-state index >= 15 is 0 Å². The molecule has 1 N–H and O–H groups in total. The topological polar surface area (TPSA) is 63.6 Å². The Kier molecular flexibility index (Phi) is 12.7. The first-order chi connectivity index (χ1) is 11.3. The normalized spacial score (nSPS) is 12.8. The van der Waals surface area contributed by atoms with Crippen molar-refractivity contribution in [1.82, 2.24) is 0 Å². The average Bonchev–Trinajstić information content (AvgIpc) is 2.48. The molecular formula is C20H38O4. The molecular weight excluding hydrogens is 304 g/mol. The number of carbonyl (C=O) groups excluding carboxylic acids is 1. The van der Waals surface area contributed by atoms with Crippen molar-refractivity contribution >= 4 is 11.9 Å². The lowest BCUT2D eigenvalue weighted by atomic mass is 9.89. The summed E-state index contributed by atoms with van der Waals surface area (Å²) < 4.78 is 5.14. The molecule has 0 aromatic carbocycles. The van der Waals surface area contributed by atoms with Crippen molar-refractivity contribution in [2.45, 2.75) is 111 Å². The second-order valence-corrected chi connectivity index (χ2v) is 7.99. The van der Waals surface area contributed by atoms with E-state index in [1.807, 2.05) is 0 Å². The Morgan fingerprint density at radius 3 is 2.08 bits per heavy atom. The predicted molar refractivity (Wildman–Crippen MR) is 98.0 cm³/mol. The third kappa shape index (κ3) is 14.5. The molecule has 4 heteroatoms. The molecule has 0 rings (SSSR count). The number of carboxylic acid groups (broad SMARTS) is 1. The summed E-state index contributed by atoms with van der Waals surface area (Å²) in [6.07, 6.45) is 10.3. The Hall–Kier alpha value is -1.06. The molecule has 1 atom stereocenters. The third-order valence-corrected chi connectivity index (χ3v) is 4.18. The smallest absolute Gasteiger partial charge is 0.345 e. The molecule has 24 heavy (non-hydrogen) atoms. The van der Waals surface area contributed by atoms with E-state index in [0.717, 1.165) is 38.5 Å². The Bertz CT molecular complexity index is 344. The van der Waals surface area contributed by atoms with Crippen LogP contribution in [-0.4, -0.2) is 23.1 Å². The Labute approximate surface area is 148 Å². The fourth-order valence-electron chi connectivity index (χ4n) is 2.66. The van der Waals surface area contributed by atoms with E-state index in [9.17, 15) is 14.7 Å². The van der Waals surface area contributed by atoms with Crippen LogP contribution in [0.25, 0.3) is 0 Å². The van der Waals surface area contributed by atoms with E-state index < -0.39 is 12.1 Å². The van der Waals surface area contributed by atoms with Crippen molar-refractivity contribution in [3.8, 4) is 0 Å². The van der Waals surface area contributed by atoms with E-state index in [0.29, 0.717) is 18.3 Å². The molecule has 0 saturated carbocycles. The van der Waals surface area contributed by atoms with Gasteiger partial charge in [0.25, 0.3) is 0 Å². The van der Waals surface area contributed by atoms with Crippen LogP contribution in [0.1, 0.15) is 105 Å². The van der Waals surface area contributed by atoms with Gasteiger partial charge < -0.3 is 9.84 Å². The van der Waals surface area contributed by atoms with Crippen LogP contribution in [0.3, 0.4) is 0 Å². The first-order valence-corrected chi connectivity index (χ1v) is 9.68. The summed E-state index contributed by atoms with van der Waals surface area (Å²) in [6.45, 7) is 8.84. The summed E-state index contributed by atoms with van der Waals surface area (Å²) in [5, 5.41) is 9.20. The van der Waals surface area contributed by atoms with Gasteiger partial charge in [-0.15, -0.1) is 0 Å². The van der Waals surface area contributed by atoms with Crippen LogP contribution >= 0.6 is 0 Å². The van der Waals surface area contributed by atoms with Crippen molar-refractivity contribution in [3.05, 3.63) is 0 Å². The highest BCUT2D eigenvalue weighted by molar-refractivity contribution is 5.77. The lowest BCUT2D eigenvalue weighted by Gasteiger charge is -2.17. The van der Waals surface area contributed by atoms with E-state index in [2.05, 4.69) is 27.7 Å². The molecule has 0 radical (unpaired) electrons. The fraction of sp³-hybridized carbons (Fsp3) is 0.900. The SMILES string of the molecule is CCCCCCCC(=O)OC(CCCCCCC(C)(C)C)C(=O)O. The van der Waals surface area contributed by atoms with E-state index in [4.69, 9.17) is 4.74 Å². The van der Waals surface area contributed by atoms with Crippen LogP contribution in [0.2, 0.25) is 0 Å². The van der Waals surface area contributed by atoms with Crippen molar-refractivity contribution < 1.29 is 19.4 Å². The highest BCUT2D eigenvalue weighted by Gasteiger charge is 2.21.